The molecule has 3 nitrogen and oxygen atoms in total. The number of hydrogen-bond acceptors (Lipinski definition) is 4. The van der Waals surface area contributed by atoms with Crippen LogP contribution in [0, 0.1) is 5.41 Å². The van der Waals surface area contributed by atoms with Crippen molar-refractivity contribution >= 4 is 33.8 Å². The summed E-state index contributed by atoms with van der Waals surface area (Å²) in [5.74, 6) is 0. The molecule has 2 rings (SSSR count). The molecule has 0 fully saturated rings. The molecule has 1 N–H and O–H groups in total. The molecule has 106 valence electrons. The van der Waals surface area contributed by atoms with Gasteiger partial charge in [-0.05, 0) is 19.1 Å². The Morgan fingerprint density at radius 2 is 1.90 bits per heavy atom. The lowest BCUT2D eigenvalue weighted by Crippen LogP contribution is -2.18. The fourth-order valence-corrected chi connectivity index (χ4v) is 2.17. The Labute approximate surface area is 128 Å². The molecule has 0 saturated carbocycles. The van der Waals surface area contributed by atoms with Gasteiger partial charge in [-0.25, -0.2) is 4.98 Å². The first-order valence-electron chi connectivity index (χ1n) is 6.38. The standard InChI is InChI=1S/C15H18ClN3S/c1-10(15(2,3)4)18-19-14-17-13(9-20-14)11-5-7-12(16)8-6-11/h5-9H,1-4H3,(H,17,19)/b18-10+. The van der Waals surface area contributed by atoms with E-state index in [9.17, 15) is 0 Å². The summed E-state index contributed by atoms with van der Waals surface area (Å²) in [5.41, 5.74) is 6.10. The summed E-state index contributed by atoms with van der Waals surface area (Å²) < 4.78 is 0. The van der Waals surface area contributed by atoms with Crippen molar-refractivity contribution in [2.45, 2.75) is 27.7 Å². The summed E-state index contributed by atoms with van der Waals surface area (Å²) in [6.07, 6.45) is 0. The van der Waals surface area contributed by atoms with Crippen LogP contribution in [0.4, 0.5) is 5.13 Å². The summed E-state index contributed by atoms with van der Waals surface area (Å²) in [4.78, 5) is 4.52. The molecular formula is C15H18ClN3S. The minimum absolute atomic E-state index is 0.0588. The zero-order chi connectivity index (χ0) is 14.8. The van der Waals surface area contributed by atoms with Gasteiger partial charge in [0.2, 0.25) is 5.13 Å². The van der Waals surface area contributed by atoms with Crippen LogP contribution in [-0.2, 0) is 0 Å². The van der Waals surface area contributed by atoms with Gasteiger partial charge in [0.05, 0.1) is 5.69 Å². The first-order valence-corrected chi connectivity index (χ1v) is 7.64. The zero-order valence-electron chi connectivity index (χ0n) is 12.1. The first-order chi connectivity index (χ1) is 9.36. The van der Waals surface area contributed by atoms with Crippen LogP contribution in [0.2, 0.25) is 5.02 Å². The number of benzene rings is 1. The minimum atomic E-state index is 0.0588. The highest BCUT2D eigenvalue weighted by molar-refractivity contribution is 7.14. The van der Waals surface area contributed by atoms with E-state index in [0.717, 1.165) is 27.1 Å². The van der Waals surface area contributed by atoms with Crippen molar-refractivity contribution in [2.24, 2.45) is 10.5 Å². The Balaban J connectivity index is 2.12. The Morgan fingerprint density at radius 1 is 1.25 bits per heavy atom. The highest BCUT2D eigenvalue weighted by Gasteiger charge is 2.14. The maximum absolute atomic E-state index is 5.88. The number of hydrogen-bond donors (Lipinski definition) is 1. The zero-order valence-corrected chi connectivity index (χ0v) is 13.6. The molecule has 0 radical (unpaired) electrons. The summed E-state index contributed by atoms with van der Waals surface area (Å²) in [6.45, 7) is 8.41. The van der Waals surface area contributed by atoms with Gasteiger partial charge in [-0.2, -0.15) is 5.10 Å². The molecule has 5 heteroatoms. The van der Waals surface area contributed by atoms with Crippen LogP contribution in [0.15, 0.2) is 34.7 Å². The number of hydrazone groups is 1. The molecule has 0 atom stereocenters. The van der Waals surface area contributed by atoms with E-state index in [-0.39, 0.29) is 5.41 Å². The molecule has 2 aromatic rings. The molecule has 0 aliphatic rings. The Morgan fingerprint density at radius 3 is 2.50 bits per heavy atom. The third-order valence-corrected chi connectivity index (χ3v) is 4.05. The highest BCUT2D eigenvalue weighted by atomic mass is 35.5. The lowest BCUT2D eigenvalue weighted by Gasteiger charge is -2.17. The third kappa shape index (κ3) is 3.81. The summed E-state index contributed by atoms with van der Waals surface area (Å²) in [5, 5.41) is 7.91. The van der Waals surface area contributed by atoms with Gasteiger partial charge in [-0.15, -0.1) is 11.3 Å². The van der Waals surface area contributed by atoms with Crippen molar-refractivity contribution in [3.63, 3.8) is 0 Å². The number of aromatic nitrogens is 1. The van der Waals surface area contributed by atoms with Crippen LogP contribution in [0.5, 0.6) is 0 Å². The molecule has 0 aliphatic heterocycles. The van der Waals surface area contributed by atoms with Gasteiger partial charge in [0.25, 0.3) is 0 Å². The molecule has 0 saturated heterocycles. The first kappa shape index (κ1) is 15.0. The lowest BCUT2D eigenvalue weighted by atomic mass is 9.91. The average Bonchev–Trinajstić information content (AvgIpc) is 2.84. The van der Waals surface area contributed by atoms with Gasteiger partial charge in [-0.1, -0.05) is 44.5 Å². The SMILES string of the molecule is C/C(=N\Nc1nc(-c2ccc(Cl)cc2)cs1)C(C)(C)C. The fourth-order valence-electron chi connectivity index (χ4n) is 1.38. The summed E-state index contributed by atoms with van der Waals surface area (Å²) >= 11 is 7.42. The molecule has 1 aromatic carbocycles. The van der Waals surface area contributed by atoms with Crippen LogP contribution in [-0.4, -0.2) is 10.7 Å². The lowest BCUT2D eigenvalue weighted by molar-refractivity contribution is 0.587. The van der Waals surface area contributed by atoms with Crippen LogP contribution in [0.3, 0.4) is 0 Å². The summed E-state index contributed by atoms with van der Waals surface area (Å²) in [7, 11) is 0. The maximum atomic E-state index is 5.88. The topological polar surface area (TPSA) is 37.3 Å². The number of anilines is 1. The van der Waals surface area contributed by atoms with Crippen LogP contribution >= 0.6 is 22.9 Å². The third-order valence-electron chi connectivity index (χ3n) is 3.05. The fraction of sp³-hybridized carbons (Fsp3) is 0.333. The molecule has 20 heavy (non-hydrogen) atoms. The van der Waals surface area contributed by atoms with Crippen LogP contribution in [0.25, 0.3) is 11.3 Å². The van der Waals surface area contributed by atoms with Gasteiger partial charge in [0.1, 0.15) is 0 Å². The smallest absolute Gasteiger partial charge is 0.203 e. The van der Waals surface area contributed by atoms with Crippen LogP contribution < -0.4 is 5.43 Å². The predicted octanol–water partition coefficient (Wildman–Crippen LogP) is 5.30. The monoisotopic (exact) mass is 307 g/mol. The van der Waals surface area contributed by atoms with E-state index in [1.807, 2.05) is 36.6 Å². The average molecular weight is 308 g/mol. The van der Waals surface area contributed by atoms with Gasteiger partial charge in [0.15, 0.2) is 0 Å². The number of nitrogens with zero attached hydrogens (tertiary/aromatic N) is 2. The molecule has 0 aliphatic carbocycles. The van der Waals surface area contributed by atoms with Crippen molar-refractivity contribution in [1.82, 2.24) is 4.98 Å². The van der Waals surface area contributed by atoms with Gasteiger partial charge in [0, 0.05) is 27.1 Å². The van der Waals surface area contributed by atoms with Crippen LogP contribution in [0.1, 0.15) is 27.7 Å². The Kier molecular flexibility index (Phi) is 4.45. The van der Waals surface area contributed by atoms with Gasteiger partial charge >= 0.3 is 0 Å². The van der Waals surface area contributed by atoms with Gasteiger partial charge < -0.3 is 0 Å². The molecule has 0 bridgehead atoms. The quantitative estimate of drug-likeness (QED) is 0.617. The predicted molar refractivity (Wildman–Crippen MR) is 88.7 cm³/mol. The van der Waals surface area contributed by atoms with E-state index < -0.39 is 0 Å². The number of thiazole rings is 1. The molecule has 0 unspecified atom stereocenters. The van der Waals surface area contributed by atoms with E-state index in [4.69, 9.17) is 11.6 Å². The highest BCUT2D eigenvalue weighted by Crippen LogP contribution is 2.26. The largest absolute Gasteiger partial charge is 0.253 e. The second-order valence-corrected chi connectivity index (χ2v) is 6.90. The molecule has 0 amide bonds. The van der Waals surface area contributed by atoms with E-state index >= 15 is 0 Å². The van der Waals surface area contributed by atoms with Crippen molar-refractivity contribution in [3.8, 4) is 11.3 Å². The van der Waals surface area contributed by atoms with Crippen molar-refractivity contribution in [1.29, 1.82) is 0 Å². The van der Waals surface area contributed by atoms with Crippen molar-refractivity contribution in [3.05, 3.63) is 34.7 Å². The maximum Gasteiger partial charge on any atom is 0.203 e. The number of halogens is 1. The normalized spacial score (nSPS) is 12.6. The van der Waals surface area contributed by atoms with E-state index in [1.165, 1.54) is 11.3 Å². The number of nitrogens with one attached hydrogen (secondary N) is 1. The minimum Gasteiger partial charge on any atom is -0.253 e. The number of rotatable bonds is 3. The van der Waals surface area contributed by atoms with E-state index in [0.29, 0.717) is 0 Å². The second-order valence-electron chi connectivity index (χ2n) is 5.60. The Bertz CT molecular complexity index is 609. The molecule has 1 aromatic heterocycles. The van der Waals surface area contributed by atoms with Crippen molar-refractivity contribution < 1.29 is 0 Å². The molecule has 1 heterocycles. The second kappa shape index (κ2) is 5.94. The van der Waals surface area contributed by atoms with Gasteiger partial charge in [-0.3, -0.25) is 5.43 Å². The molecule has 0 spiro atoms. The van der Waals surface area contributed by atoms with Crippen molar-refractivity contribution in [2.75, 3.05) is 5.43 Å². The Hall–Kier alpha value is -1.39. The van der Waals surface area contributed by atoms with E-state index in [1.54, 1.807) is 0 Å². The summed E-state index contributed by atoms with van der Waals surface area (Å²) in [6, 6.07) is 7.66. The van der Waals surface area contributed by atoms with E-state index in [2.05, 4.69) is 36.3 Å². The molecular weight excluding hydrogens is 290 g/mol.